The van der Waals surface area contributed by atoms with Crippen LogP contribution in [-0.2, 0) is 0 Å². The molecule has 11 heavy (non-hydrogen) atoms. The Kier molecular flexibility index (Phi) is 1.72. The van der Waals surface area contributed by atoms with E-state index in [4.69, 9.17) is 0 Å². The van der Waals surface area contributed by atoms with Gasteiger partial charge in [-0.25, -0.2) is 0 Å². The van der Waals surface area contributed by atoms with Crippen molar-refractivity contribution in [3.8, 4) is 0 Å². The number of rotatable bonds is 1. The van der Waals surface area contributed by atoms with Crippen LogP contribution in [0.2, 0.25) is 0 Å². The van der Waals surface area contributed by atoms with Crippen molar-refractivity contribution >= 4 is 12.5 Å². The van der Waals surface area contributed by atoms with Gasteiger partial charge < -0.3 is 0 Å². The average molecular weight is 140 g/mol. The zero-order valence-corrected chi connectivity index (χ0v) is 6.33. The van der Waals surface area contributed by atoms with E-state index in [0.717, 1.165) is 6.42 Å². The minimum atomic E-state index is 1.09. The Bertz CT molecular complexity index is 296. The summed E-state index contributed by atoms with van der Waals surface area (Å²) in [5.41, 5.74) is 2.77. The second-order valence-electron chi connectivity index (χ2n) is 2.69. The van der Waals surface area contributed by atoms with Crippen molar-refractivity contribution in [3.05, 3.63) is 47.8 Å². The van der Waals surface area contributed by atoms with Crippen molar-refractivity contribution in [2.75, 3.05) is 0 Å². The molecule has 1 aliphatic carbocycles. The molecule has 0 saturated heterocycles. The zero-order valence-electron chi connectivity index (χ0n) is 6.33. The summed E-state index contributed by atoms with van der Waals surface area (Å²) >= 11 is 0. The number of allylic oxidation sites excluding steroid dienone is 4. The first-order valence-corrected chi connectivity index (χ1v) is 3.88. The van der Waals surface area contributed by atoms with Gasteiger partial charge in [0.15, 0.2) is 0 Å². The van der Waals surface area contributed by atoms with E-state index < -0.39 is 0 Å². The summed E-state index contributed by atoms with van der Waals surface area (Å²) in [6.45, 7) is 2.15. The van der Waals surface area contributed by atoms with E-state index >= 15 is 0 Å². The van der Waals surface area contributed by atoms with Crippen LogP contribution in [0.15, 0.2) is 42.4 Å². The first-order chi connectivity index (χ1) is 5.47. The monoisotopic (exact) mass is 140 g/mol. The van der Waals surface area contributed by atoms with E-state index in [1.54, 1.807) is 0 Å². The summed E-state index contributed by atoms with van der Waals surface area (Å²) in [4.78, 5) is 0. The molecule has 0 amide bonds. The molecule has 0 aliphatic heterocycles. The summed E-state index contributed by atoms with van der Waals surface area (Å²) in [7, 11) is 0. The molecule has 1 aromatic heterocycles. The van der Waals surface area contributed by atoms with Crippen LogP contribution in [-0.4, -0.2) is 6.91 Å². The van der Waals surface area contributed by atoms with E-state index in [2.05, 4.69) is 43.2 Å². The summed E-state index contributed by atoms with van der Waals surface area (Å²) in [5, 5.41) is 0. The summed E-state index contributed by atoms with van der Waals surface area (Å²) in [6.07, 6.45) is 7.56. The van der Waals surface area contributed by atoms with Crippen molar-refractivity contribution in [2.45, 2.75) is 6.42 Å². The predicted molar refractivity (Wildman–Crippen MR) is 49.5 cm³/mol. The predicted octanol–water partition coefficient (Wildman–Crippen LogP) is 2.37. The third-order valence-electron chi connectivity index (χ3n) is 1.92. The number of hydrogen-bond acceptors (Lipinski definition) is 0. The third-order valence-corrected chi connectivity index (χ3v) is 1.92. The molecule has 0 spiro atoms. The van der Waals surface area contributed by atoms with Gasteiger partial charge in [-0.3, -0.25) is 0 Å². The molecule has 1 heteroatoms. The van der Waals surface area contributed by atoms with Crippen molar-refractivity contribution < 1.29 is 0 Å². The van der Waals surface area contributed by atoms with Crippen LogP contribution in [0.1, 0.15) is 11.9 Å². The summed E-state index contributed by atoms with van der Waals surface area (Å²) in [6, 6.07) is 6.28. The van der Waals surface area contributed by atoms with E-state index in [1.165, 1.54) is 11.0 Å². The standard InChI is InChI=1S/C10H9B/c1-2-6-9(5-1)10-7-3-4-8-11-10/h1-5,7-8H,6H2. The quantitative estimate of drug-likeness (QED) is 0.561. The van der Waals surface area contributed by atoms with Gasteiger partial charge in [-0.1, -0.05) is 0 Å². The fourth-order valence-corrected chi connectivity index (χ4v) is 1.31. The fourth-order valence-electron chi connectivity index (χ4n) is 1.31. The van der Waals surface area contributed by atoms with Gasteiger partial charge in [-0.2, -0.15) is 0 Å². The molecule has 1 aromatic rings. The third kappa shape index (κ3) is 1.32. The van der Waals surface area contributed by atoms with E-state index in [-0.39, 0.29) is 0 Å². The Morgan fingerprint density at radius 3 is 2.91 bits per heavy atom. The van der Waals surface area contributed by atoms with Gasteiger partial charge in [-0.15, -0.1) is 0 Å². The summed E-state index contributed by atoms with van der Waals surface area (Å²) < 4.78 is 0. The SMILES string of the molecule is b1ccccc1C1=CC=CC1. The fraction of sp³-hybridized carbons (Fsp3) is 0.100. The normalized spacial score (nSPS) is 14.7. The van der Waals surface area contributed by atoms with E-state index in [0.29, 0.717) is 0 Å². The Morgan fingerprint density at radius 1 is 1.27 bits per heavy atom. The van der Waals surface area contributed by atoms with Crippen molar-refractivity contribution in [1.29, 1.82) is 0 Å². The van der Waals surface area contributed by atoms with Gasteiger partial charge >= 0.3 is 66.8 Å². The Balaban J connectivity index is 2.31. The molecule has 0 atom stereocenters. The molecule has 2 rings (SSSR count). The van der Waals surface area contributed by atoms with Crippen molar-refractivity contribution in [2.24, 2.45) is 0 Å². The maximum atomic E-state index is 2.18. The molecule has 52 valence electrons. The Morgan fingerprint density at radius 2 is 2.27 bits per heavy atom. The molecule has 0 radical (unpaired) electrons. The Hall–Kier alpha value is -1.11. The molecule has 0 saturated carbocycles. The molecule has 1 aliphatic rings. The van der Waals surface area contributed by atoms with Crippen LogP contribution >= 0.6 is 0 Å². The van der Waals surface area contributed by atoms with Gasteiger partial charge in [0.2, 0.25) is 0 Å². The van der Waals surface area contributed by atoms with Gasteiger partial charge in [0, 0.05) is 0 Å². The van der Waals surface area contributed by atoms with Crippen LogP contribution in [0.4, 0.5) is 0 Å². The molecule has 0 N–H and O–H groups in total. The number of hydrogen-bond donors (Lipinski definition) is 0. The van der Waals surface area contributed by atoms with Crippen LogP contribution < -0.4 is 0 Å². The zero-order chi connectivity index (χ0) is 7.52. The van der Waals surface area contributed by atoms with Crippen LogP contribution in [0, 0.1) is 0 Å². The molecular weight excluding hydrogens is 131 g/mol. The maximum absolute atomic E-state index is 2.18. The molecular formula is C10H9B. The van der Waals surface area contributed by atoms with Gasteiger partial charge in [-0.05, 0) is 0 Å². The first-order valence-electron chi connectivity index (χ1n) is 3.88. The molecule has 0 nitrogen and oxygen atoms in total. The minimum absolute atomic E-state index is 1.09. The van der Waals surface area contributed by atoms with Gasteiger partial charge in [0.05, 0.1) is 0 Å². The van der Waals surface area contributed by atoms with Crippen molar-refractivity contribution in [1.82, 2.24) is 0 Å². The van der Waals surface area contributed by atoms with Crippen molar-refractivity contribution in [3.63, 3.8) is 0 Å². The van der Waals surface area contributed by atoms with Crippen LogP contribution in [0.25, 0.3) is 5.57 Å². The molecule has 0 aromatic carbocycles. The van der Waals surface area contributed by atoms with Crippen LogP contribution in [0.3, 0.4) is 0 Å². The van der Waals surface area contributed by atoms with E-state index in [1.807, 2.05) is 6.07 Å². The van der Waals surface area contributed by atoms with Crippen LogP contribution in [0.5, 0.6) is 0 Å². The summed E-state index contributed by atoms with van der Waals surface area (Å²) in [5.74, 6) is 2.08. The first kappa shape index (κ1) is 6.60. The second kappa shape index (κ2) is 2.87. The molecule has 0 fully saturated rings. The van der Waals surface area contributed by atoms with Gasteiger partial charge in [0.25, 0.3) is 0 Å². The molecule has 0 unspecified atom stereocenters. The van der Waals surface area contributed by atoms with Gasteiger partial charge in [0.1, 0.15) is 0 Å². The average Bonchev–Trinajstić information content (AvgIpc) is 2.58. The Labute approximate surface area is 67.5 Å². The second-order valence-corrected chi connectivity index (χ2v) is 2.69. The topological polar surface area (TPSA) is 0 Å². The molecule has 0 bridgehead atoms. The van der Waals surface area contributed by atoms with E-state index in [9.17, 15) is 0 Å². The molecule has 1 heterocycles.